The largest absolute Gasteiger partial charge is 0.325 e. The Morgan fingerprint density at radius 2 is 1.72 bits per heavy atom. The smallest absolute Gasteiger partial charge is 0.234 e. The van der Waals surface area contributed by atoms with Crippen molar-refractivity contribution in [3.8, 4) is 11.4 Å². The van der Waals surface area contributed by atoms with E-state index in [4.69, 9.17) is 11.6 Å². The van der Waals surface area contributed by atoms with Gasteiger partial charge >= 0.3 is 0 Å². The minimum atomic E-state index is -0.143. The lowest BCUT2D eigenvalue weighted by Crippen LogP contribution is -2.14. The average Bonchev–Trinajstić information content (AvgIpc) is 3.51. The van der Waals surface area contributed by atoms with Gasteiger partial charge in [-0.1, -0.05) is 71.5 Å². The summed E-state index contributed by atoms with van der Waals surface area (Å²) in [5.74, 6) is 0.897. The number of anilines is 2. The molecule has 2 heterocycles. The monoisotopic (exact) mass is 594 g/mol. The van der Waals surface area contributed by atoms with Crippen molar-refractivity contribution in [2.45, 2.75) is 16.4 Å². The van der Waals surface area contributed by atoms with Crippen LogP contribution < -0.4 is 10.6 Å². The van der Waals surface area contributed by atoms with E-state index in [0.29, 0.717) is 21.6 Å². The van der Waals surface area contributed by atoms with E-state index in [1.54, 1.807) is 12.1 Å². The van der Waals surface area contributed by atoms with Crippen molar-refractivity contribution >= 4 is 79.9 Å². The molecule has 0 bridgehead atoms. The van der Waals surface area contributed by atoms with Crippen LogP contribution >= 0.6 is 46.5 Å². The number of hydrogen-bond donors (Lipinski definition) is 2. The van der Waals surface area contributed by atoms with Crippen LogP contribution in [0, 0.1) is 6.92 Å². The lowest BCUT2D eigenvalue weighted by molar-refractivity contribution is -0.114. The normalized spacial score (nSPS) is 11.1. The number of halogens is 1. The molecule has 3 aromatic carbocycles. The minimum Gasteiger partial charge on any atom is -0.325 e. The molecule has 0 aliphatic rings. The van der Waals surface area contributed by atoms with E-state index >= 15 is 0 Å². The second-order valence-corrected chi connectivity index (χ2v) is 12.2. The maximum Gasteiger partial charge on any atom is 0.234 e. The first-order valence-corrected chi connectivity index (χ1v) is 15.0. The molecule has 5 rings (SSSR count). The molecule has 0 aliphatic heterocycles. The minimum absolute atomic E-state index is 0.131. The Morgan fingerprint density at radius 1 is 0.949 bits per heavy atom. The molecule has 0 fully saturated rings. The maximum absolute atomic E-state index is 12.6. The number of aromatic nitrogens is 4. The van der Waals surface area contributed by atoms with Crippen molar-refractivity contribution < 1.29 is 9.59 Å². The zero-order chi connectivity index (χ0) is 27.4. The summed E-state index contributed by atoms with van der Waals surface area (Å²) in [5, 5.41) is 15.6. The first-order chi connectivity index (χ1) is 18.9. The Hall–Kier alpha value is -3.38. The van der Waals surface area contributed by atoms with Crippen molar-refractivity contribution in [3.05, 3.63) is 77.3 Å². The first-order valence-electron chi connectivity index (χ1n) is 11.8. The molecule has 0 spiro atoms. The molecule has 0 aliphatic carbocycles. The molecule has 5 aromatic rings. The van der Waals surface area contributed by atoms with Gasteiger partial charge in [-0.05, 0) is 42.8 Å². The van der Waals surface area contributed by atoms with Gasteiger partial charge in [-0.3, -0.25) is 9.59 Å². The lowest BCUT2D eigenvalue weighted by atomic mass is 10.2. The van der Waals surface area contributed by atoms with Crippen LogP contribution in [0.15, 0.2) is 76.2 Å². The molecule has 0 unspecified atom stereocenters. The molecule has 2 aromatic heterocycles. The van der Waals surface area contributed by atoms with Gasteiger partial charge in [0.1, 0.15) is 0 Å². The van der Waals surface area contributed by atoms with E-state index < -0.39 is 0 Å². The first kappa shape index (κ1) is 27.2. The fourth-order valence-electron chi connectivity index (χ4n) is 3.69. The summed E-state index contributed by atoms with van der Waals surface area (Å²) in [6.45, 7) is 1.92. The fourth-order valence-corrected chi connectivity index (χ4v) is 6.48. The van der Waals surface area contributed by atoms with Gasteiger partial charge in [0.05, 0.1) is 21.7 Å². The SMILES string of the molecule is Cc1ccc(Cl)cc1NC(=O)CSc1nc2ccc(NC(=O)CSc3nnc(-c4ccccc4)n3C)cc2s1. The molecule has 2 N–H and O–H groups in total. The number of carbonyl (C=O) groups is 2. The van der Waals surface area contributed by atoms with Gasteiger partial charge in [0.2, 0.25) is 11.8 Å². The highest BCUT2D eigenvalue weighted by Gasteiger charge is 2.14. The Bertz CT molecular complexity index is 1650. The molecule has 0 radical (unpaired) electrons. The fraction of sp³-hybridized carbons (Fsp3) is 0.148. The Kier molecular flexibility index (Phi) is 8.51. The summed E-state index contributed by atoms with van der Waals surface area (Å²) < 4.78 is 3.58. The van der Waals surface area contributed by atoms with E-state index in [1.165, 1.54) is 34.9 Å². The molecule has 12 heteroatoms. The van der Waals surface area contributed by atoms with Crippen molar-refractivity contribution in [2.75, 3.05) is 22.1 Å². The predicted molar refractivity (Wildman–Crippen MR) is 161 cm³/mol. The van der Waals surface area contributed by atoms with Gasteiger partial charge in [-0.25, -0.2) is 4.98 Å². The number of nitrogens with one attached hydrogen (secondary N) is 2. The third kappa shape index (κ3) is 6.80. The third-order valence-electron chi connectivity index (χ3n) is 5.65. The molecule has 0 saturated heterocycles. The van der Waals surface area contributed by atoms with E-state index in [1.807, 2.05) is 73.1 Å². The molecule has 0 saturated carbocycles. The van der Waals surface area contributed by atoms with Crippen LogP contribution in [-0.2, 0) is 16.6 Å². The highest BCUT2D eigenvalue weighted by atomic mass is 35.5. The molecule has 0 atom stereocenters. The number of carbonyl (C=O) groups excluding carboxylic acids is 2. The Balaban J connectivity index is 1.15. The highest BCUT2D eigenvalue weighted by molar-refractivity contribution is 8.01. The number of fused-ring (bicyclic) bond motifs is 1. The van der Waals surface area contributed by atoms with Gasteiger partial charge in [-0.15, -0.1) is 21.5 Å². The molecule has 198 valence electrons. The van der Waals surface area contributed by atoms with E-state index in [2.05, 4.69) is 25.8 Å². The maximum atomic E-state index is 12.6. The van der Waals surface area contributed by atoms with Gasteiger partial charge < -0.3 is 15.2 Å². The summed E-state index contributed by atoms with van der Waals surface area (Å²) in [7, 11) is 1.89. The summed E-state index contributed by atoms with van der Waals surface area (Å²) in [6, 6.07) is 20.8. The predicted octanol–water partition coefficient (Wildman–Crippen LogP) is 6.52. The van der Waals surface area contributed by atoms with Crippen molar-refractivity contribution in [3.63, 3.8) is 0 Å². The van der Waals surface area contributed by atoms with E-state index in [9.17, 15) is 9.59 Å². The molecular formula is C27H23ClN6O2S3. The van der Waals surface area contributed by atoms with Crippen LogP contribution in [0.5, 0.6) is 0 Å². The van der Waals surface area contributed by atoms with Gasteiger partial charge in [0.15, 0.2) is 15.3 Å². The second kappa shape index (κ2) is 12.2. The van der Waals surface area contributed by atoms with Gasteiger partial charge in [0, 0.05) is 29.0 Å². The van der Waals surface area contributed by atoms with Crippen LogP contribution in [0.25, 0.3) is 21.6 Å². The number of benzene rings is 3. The standard InChI is InChI=1S/C27H23ClN6O2S3/c1-16-8-9-18(28)12-21(16)30-24(36)15-38-27-31-20-11-10-19(13-22(20)39-27)29-23(35)14-37-26-33-32-25(34(26)2)17-6-4-3-5-7-17/h3-13H,14-15H2,1-2H3,(H,29,35)(H,30,36). The molecule has 8 nitrogen and oxygen atoms in total. The number of aryl methyl sites for hydroxylation is 1. The number of amides is 2. The second-order valence-electron chi connectivity index (χ2n) is 8.53. The number of rotatable bonds is 9. The van der Waals surface area contributed by atoms with Crippen molar-refractivity contribution in [2.24, 2.45) is 7.05 Å². The zero-order valence-corrected chi connectivity index (χ0v) is 24.2. The summed E-state index contributed by atoms with van der Waals surface area (Å²) >= 11 is 10.2. The number of thiazole rings is 1. The van der Waals surface area contributed by atoms with Gasteiger partial charge in [-0.2, -0.15) is 0 Å². The van der Waals surface area contributed by atoms with E-state index in [0.717, 1.165) is 31.5 Å². The third-order valence-corrected chi connectivity index (χ3v) is 9.07. The molecule has 2 amide bonds. The molecule has 39 heavy (non-hydrogen) atoms. The van der Waals surface area contributed by atoms with Crippen LogP contribution in [0.4, 0.5) is 11.4 Å². The number of nitrogens with zero attached hydrogens (tertiary/aromatic N) is 4. The van der Waals surface area contributed by atoms with E-state index in [-0.39, 0.29) is 23.3 Å². The van der Waals surface area contributed by atoms with Crippen LogP contribution in [0.1, 0.15) is 5.56 Å². The van der Waals surface area contributed by atoms with Crippen LogP contribution in [-0.4, -0.2) is 43.1 Å². The van der Waals surface area contributed by atoms with Crippen molar-refractivity contribution in [1.29, 1.82) is 0 Å². The average molecular weight is 595 g/mol. The number of thioether (sulfide) groups is 2. The van der Waals surface area contributed by atoms with Crippen molar-refractivity contribution in [1.82, 2.24) is 19.7 Å². The summed E-state index contributed by atoms with van der Waals surface area (Å²) in [5.41, 5.74) is 4.11. The highest BCUT2D eigenvalue weighted by Crippen LogP contribution is 2.32. The summed E-state index contributed by atoms with van der Waals surface area (Å²) in [4.78, 5) is 29.7. The van der Waals surface area contributed by atoms with Crippen LogP contribution in [0.2, 0.25) is 5.02 Å². The Labute approximate surface area is 242 Å². The van der Waals surface area contributed by atoms with Crippen LogP contribution in [0.3, 0.4) is 0 Å². The topological polar surface area (TPSA) is 102 Å². The van der Waals surface area contributed by atoms with Gasteiger partial charge in [0.25, 0.3) is 0 Å². The Morgan fingerprint density at radius 3 is 2.54 bits per heavy atom. The lowest BCUT2D eigenvalue weighted by Gasteiger charge is -2.08. The summed E-state index contributed by atoms with van der Waals surface area (Å²) in [6.07, 6.45) is 0. The zero-order valence-electron chi connectivity index (χ0n) is 21.0. The number of hydrogen-bond acceptors (Lipinski definition) is 8. The molecular weight excluding hydrogens is 572 g/mol. The quantitative estimate of drug-likeness (QED) is 0.187.